The van der Waals surface area contributed by atoms with Crippen molar-refractivity contribution in [2.75, 3.05) is 32.4 Å². The predicted octanol–water partition coefficient (Wildman–Crippen LogP) is 2.11. The minimum Gasteiger partial charge on any atom is -0.336 e. The molecule has 5 nitrogen and oxygen atoms in total. The second kappa shape index (κ2) is 7.04. The average Bonchev–Trinajstić information content (AvgIpc) is 3.07. The molecule has 2 heterocycles. The van der Waals surface area contributed by atoms with Crippen LogP contribution in [0, 0.1) is 0 Å². The van der Waals surface area contributed by atoms with Gasteiger partial charge in [-0.25, -0.2) is 8.42 Å². The Balaban J connectivity index is 1.68. The molecule has 1 aliphatic rings. The molecule has 3 rings (SSSR count). The molecule has 0 saturated carbocycles. The van der Waals surface area contributed by atoms with Gasteiger partial charge in [0.25, 0.3) is 5.91 Å². The number of piperazine rings is 1. The van der Waals surface area contributed by atoms with Crippen LogP contribution >= 0.6 is 11.3 Å². The van der Waals surface area contributed by atoms with E-state index < -0.39 is 9.84 Å². The van der Waals surface area contributed by atoms with Crippen LogP contribution in [0.1, 0.15) is 15.2 Å². The summed E-state index contributed by atoms with van der Waals surface area (Å²) in [5.74, 6) is -0.202. The maximum atomic E-state index is 12.7. The quantitative estimate of drug-likeness (QED) is 0.834. The molecular weight excluding hydrogens is 344 g/mol. The van der Waals surface area contributed by atoms with E-state index in [1.807, 2.05) is 6.07 Å². The van der Waals surface area contributed by atoms with Crippen LogP contribution in [0.15, 0.2) is 46.7 Å². The van der Waals surface area contributed by atoms with Crippen molar-refractivity contribution in [2.45, 2.75) is 11.4 Å². The first-order valence-corrected chi connectivity index (χ1v) is 10.6. The maximum absolute atomic E-state index is 12.7. The molecule has 1 amide bonds. The van der Waals surface area contributed by atoms with Crippen LogP contribution in [0.4, 0.5) is 0 Å². The summed E-state index contributed by atoms with van der Waals surface area (Å²) in [5, 5.41) is 2.07. The molecule has 128 valence electrons. The second-order valence-corrected chi connectivity index (χ2v) is 8.93. The van der Waals surface area contributed by atoms with E-state index in [0.717, 1.165) is 25.9 Å². The molecular formula is C17H20N2O3S2. The number of carbonyl (C=O) groups is 1. The number of nitrogens with zero attached hydrogens (tertiary/aromatic N) is 2. The van der Waals surface area contributed by atoms with Crippen molar-refractivity contribution in [2.24, 2.45) is 0 Å². The molecule has 7 heteroatoms. The zero-order chi connectivity index (χ0) is 17.2. The number of thiophene rings is 1. The van der Waals surface area contributed by atoms with Crippen molar-refractivity contribution < 1.29 is 13.2 Å². The van der Waals surface area contributed by atoms with Crippen LogP contribution in [-0.2, 0) is 16.4 Å². The van der Waals surface area contributed by atoms with Gasteiger partial charge >= 0.3 is 0 Å². The molecule has 0 bridgehead atoms. The van der Waals surface area contributed by atoms with Crippen LogP contribution < -0.4 is 0 Å². The second-order valence-electron chi connectivity index (χ2n) is 5.92. The third kappa shape index (κ3) is 3.85. The summed E-state index contributed by atoms with van der Waals surface area (Å²) < 4.78 is 23.8. The summed E-state index contributed by atoms with van der Waals surface area (Å²) in [6.45, 7) is 3.72. The number of benzene rings is 1. The Morgan fingerprint density at radius 1 is 1.08 bits per heavy atom. The zero-order valence-electron chi connectivity index (χ0n) is 13.5. The lowest BCUT2D eigenvalue weighted by atomic mass is 10.2. The Kier molecular flexibility index (Phi) is 5.03. The van der Waals surface area contributed by atoms with Crippen molar-refractivity contribution in [3.8, 4) is 0 Å². The smallest absolute Gasteiger partial charge is 0.255 e. The highest BCUT2D eigenvalue weighted by atomic mass is 32.2. The van der Waals surface area contributed by atoms with Gasteiger partial charge in [-0.2, -0.15) is 0 Å². The predicted molar refractivity (Wildman–Crippen MR) is 95.1 cm³/mol. The van der Waals surface area contributed by atoms with E-state index in [1.165, 1.54) is 10.9 Å². The van der Waals surface area contributed by atoms with Gasteiger partial charge in [0.2, 0.25) is 0 Å². The fraction of sp³-hybridized carbons (Fsp3) is 0.353. The molecule has 0 aliphatic carbocycles. The molecule has 0 unspecified atom stereocenters. The molecule has 1 aromatic heterocycles. The third-order valence-corrected chi connectivity index (χ3v) is 6.15. The topological polar surface area (TPSA) is 57.7 Å². The summed E-state index contributed by atoms with van der Waals surface area (Å²) in [4.78, 5) is 18.2. The van der Waals surface area contributed by atoms with E-state index in [1.54, 1.807) is 34.4 Å². The SMILES string of the molecule is CS(=O)(=O)c1ccccc1C(=O)N1CCN(Cc2cccs2)CC1. The Hall–Kier alpha value is -1.70. The lowest BCUT2D eigenvalue weighted by molar-refractivity contribution is 0.0626. The Labute approximate surface area is 146 Å². The van der Waals surface area contributed by atoms with Crippen molar-refractivity contribution in [1.82, 2.24) is 9.80 Å². The molecule has 1 aromatic carbocycles. The van der Waals surface area contributed by atoms with Gasteiger partial charge in [0.1, 0.15) is 0 Å². The number of hydrogen-bond donors (Lipinski definition) is 0. The van der Waals surface area contributed by atoms with Gasteiger partial charge in [-0.15, -0.1) is 11.3 Å². The first kappa shape index (κ1) is 17.1. The van der Waals surface area contributed by atoms with Gasteiger partial charge in [0.05, 0.1) is 10.5 Å². The third-order valence-electron chi connectivity index (χ3n) is 4.14. The van der Waals surface area contributed by atoms with E-state index in [2.05, 4.69) is 16.3 Å². The van der Waals surface area contributed by atoms with Gasteiger partial charge < -0.3 is 4.90 Å². The fourth-order valence-electron chi connectivity index (χ4n) is 2.87. The number of sulfone groups is 1. The fourth-order valence-corrected chi connectivity index (χ4v) is 4.50. The standard InChI is InChI=1S/C17H20N2O3S2/c1-24(21,22)16-7-3-2-6-15(16)17(20)19-10-8-18(9-11-19)13-14-5-4-12-23-14/h2-7,12H,8-11,13H2,1H3. The molecule has 0 atom stereocenters. The average molecular weight is 364 g/mol. The molecule has 1 fully saturated rings. The summed E-state index contributed by atoms with van der Waals surface area (Å²) in [6, 6.07) is 10.6. The summed E-state index contributed by atoms with van der Waals surface area (Å²) in [7, 11) is -3.42. The van der Waals surface area contributed by atoms with Gasteiger partial charge in [-0.3, -0.25) is 9.69 Å². The summed E-state index contributed by atoms with van der Waals surface area (Å²) in [5.41, 5.74) is 0.270. The van der Waals surface area contributed by atoms with Crippen LogP contribution in [0.5, 0.6) is 0 Å². The largest absolute Gasteiger partial charge is 0.336 e. The number of amides is 1. The van der Waals surface area contributed by atoms with Crippen molar-refractivity contribution in [3.05, 3.63) is 52.2 Å². The van der Waals surface area contributed by atoms with Crippen LogP contribution in [-0.4, -0.2) is 56.6 Å². The van der Waals surface area contributed by atoms with E-state index in [4.69, 9.17) is 0 Å². The molecule has 24 heavy (non-hydrogen) atoms. The van der Waals surface area contributed by atoms with Gasteiger partial charge in [0, 0.05) is 43.9 Å². The van der Waals surface area contributed by atoms with Crippen LogP contribution in [0.25, 0.3) is 0 Å². The maximum Gasteiger partial charge on any atom is 0.255 e. The highest BCUT2D eigenvalue weighted by Gasteiger charge is 2.26. The van der Waals surface area contributed by atoms with Crippen molar-refractivity contribution in [1.29, 1.82) is 0 Å². The first-order chi connectivity index (χ1) is 11.4. The number of hydrogen-bond acceptors (Lipinski definition) is 5. The Morgan fingerprint density at radius 3 is 2.42 bits per heavy atom. The number of carbonyl (C=O) groups excluding carboxylic acids is 1. The Bertz CT molecular complexity index is 808. The summed E-state index contributed by atoms with van der Waals surface area (Å²) in [6.07, 6.45) is 1.14. The molecule has 2 aromatic rings. The monoisotopic (exact) mass is 364 g/mol. The van der Waals surface area contributed by atoms with Gasteiger partial charge in [0.15, 0.2) is 9.84 Å². The van der Waals surface area contributed by atoms with Crippen molar-refractivity contribution in [3.63, 3.8) is 0 Å². The molecule has 1 saturated heterocycles. The van der Waals surface area contributed by atoms with E-state index >= 15 is 0 Å². The van der Waals surface area contributed by atoms with Crippen LogP contribution in [0.2, 0.25) is 0 Å². The van der Waals surface area contributed by atoms with Crippen molar-refractivity contribution >= 4 is 27.1 Å². The molecule has 0 spiro atoms. The zero-order valence-corrected chi connectivity index (χ0v) is 15.1. The molecule has 1 aliphatic heterocycles. The molecule has 0 N–H and O–H groups in total. The lowest BCUT2D eigenvalue weighted by Gasteiger charge is -2.34. The minimum atomic E-state index is -3.42. The van der Waals surface area contributed by atoms with E-state index in [9.17, 15) is 13.2 Å². The lowest BCUT2D eigenvalue weighted by Crippen LogP contribution is -2.48. The first-order valence-electron chi connectivity index (χ1n) is 7.78. The Morgan fingerprint density at radius 2 is 1.79 bits per heavy atom. The van der Waals surface area contributed by atoms with E-state index in [0.29, 0.717) is 13.1 Å². The number of rotatable bonds is 4. The normalized spacial score (nSPS) is 16.3. The minimum absolute atomic E-state index is 0.107. The summed E-state index contributed by atoms with van der Waals surface area (Å²) >= 11 is 1.74. The highest BCUT2D eigenvalue weighted by molar-refractivity contribution is 7.90. The van der Waals surface area contributed by atoms with Crippen LogP contribution in [0.3, 0.4) is 0 Å². The molecule has 0 radical (unpaired) electrons. The van der Waals surface area contributed by atoms with E-state index in [-0.39, 0.29) is 16.4 Å². The highest BCUT2D eigenvalue weighted by Crippen LogP contribution is 2.19. The van der Waals surface area contributed by atoms with Gasteiger partial charge in [-0.1, -0.05) is 18.2 Å². The van der Waals surface area contributed by atoms with Gasteiger partial charge in [-0.05, 0) is 23.6 Å².